The third-order valence-electron chi connectivity index (χ3n) is 4.06. The van der Waals surface area contributed by atoms with Crippen LogP contribution in [0.4, 0.5) is 0 Å². The number of aromatic nitrogens is 3. The summed E-state index contributed by atoms with van der Waals surface area (Å²) in [6.07, 6.45) is 2.77. The van der Waals surface area contributed by atoms with Gasteiger partial charge >= 0.3 is 0 Å². The largest absolute Gasteiger partial charge is 0.312 e. The van der Waals surface area contributed by atoms with E-state index in [0.717, 1.165) is 11.6 Å². The molecule has 0 aliphatic heterocycles. The summed E-state index contributed by atoms with van der Waals surface area (Å²) < 4.78 is 1.85. The molecule has 3 unspecified atom stereocenters. The normalized spacial score (nSPS) is 25.4. The summed E-state index contributed by atoms with van der Waals surface area (Å²) in [4.78, 5) is 4.35. The Hall–Kier alpha value is -1.33. The third kappa shape index (κ3) is 2.36. The van der Waals surface area contributed by atoms with E-state index in [-0.39, 0.29) is 0 Å². The molecule has 0 fully saturated rings. The fourth-order valence-electron chi connectivity index (χ4n) is 3.04. The van der Waals surface area contributed by atoms with Gasteiger partial charge in [0.25, 0.3) is 0 Å². The highest BCUT2D eigenvalue weighted by molar-refractivity contribution is 7.99. The van der Waals surface area contributed by atoms with Crippen molar-refractivity contribution in [2.75, 3.05) is 7.05 Å². The Labute approximate surface area is 124 Å². The summed E-state index contributed by atoms with van der Waals surface area (Å²) in [5, 5.41) is 9.11. The second-order valence-corrected chi connectivity index (χ2v) is 6.56. The molecule has 3 atom stereocenters. The predicted molar refractivity (Wildman–Crippen MR) is 81.9 cm³/mol. The van der Waals surface area contributed by atoms with Gasteiger partial charge in [-0.15, -0.1) is 0 Å². The SMILES string of the molecule is CNC1c2ccccc2C(C)CC1Sc1ncnn1C. The molecule has 1 aromatic carbocycles. The van der Waals surface area contributed by atoms with Crippen LogP contribution in [-0.2, 0) is 7.05 Å². The zero-order chi connectivity index (χ0) is 14.1. The standard InChI is InChI=1S/C15H20N4S/c1-10-8-13(20-15-17-9-18-19(15)3)14(16-2)12-7-5-4-6-11(10)12/h4-7,9-10,13-14,16H,8H2,1-3H3. The molecule has 2 aromatic rings. The van der Waals surface area contributed by atoms with Gasteiger partial charge in [0.1, 0.15) is 6.33 Å². The van der Waals surface area contributed by atoms with Crippen LogP contribution in [0, 0.1) is 0 Å². The molecule has 1 aromatic heterocycles. The maximum Gasteiger partial charge on any atom is 0.186 e. The van der Waals surface area contributed by atoms with Crippen LogP contribution < -0.4 is 5.32 Å². The van der Waals surface area contributed by atoms with E-state index in [4.69, 9.17) is 0 Å². The number of nitrogens with one attached hydrogen (secondary N) is 1. The minimum Gasteiger partial charge on any atom is -0.312 e. The van der Waals surface area contributed by atoms with Crippen LogP contribution in [0.3, 0.4) is 0 Å². The zero-order valence-corrected chi connectivity index (χ0v) is 12.9. The van der Waals surface area contributed by atoms with Crippen molar-refractivity contribution < 1.29 is 0 Å². The molecule has 0 bridgehead atoms. The Bertz CT molecular complexity index is 595. The highest BCUT2D eigenvalue weighted by Crippen LogP contribution is 2.44. The van der Waals surface area contributed by atoms with Gasteiger partial charge < -0.3 is 5.32 Å². The molecule has 106 valence electrons. The first kappa shape index (κ1) is 13.6. The van der Waals surface area contributed by atoms with Gasteiger partial charge in [0, 0.05) is 18.3 Å². The quantitative estimate of drug-likeness (QED) is 0.943. The van der Waals surface area contributed by atoms with Crippen molar-refractivity contribution >= 4 is 11.8 Å². The molecule has 0 spiro atoms. The van der Waals surface area contributed by atoms with E-state index in [1.54, 1.807) is 6.33 Å². The van der Waals surface area contributed by atoms with E-state index in [2.05, 4.69) is 46.6 Å². The smallest absolute Gasteiger partial charge is 0.186 e. The number of hydrogen-bond donors (Lipinski definition) is 1. The van der Waals surface area contributed by atoms with Crippen molar-refractivity contribution in [3.8, 4) is 0 Å². The van der Waals surface area contributed by atoms with Crippen LogP contribution in [0.15, 0.2) is 35.7 Å². The number of aryl methyl sites for hydroxylation is 1. The Morgan fingerprint density at radius 3 is 2.70 bits per heavy atom. The molecular weight excluding hydrogens is 268 g/mol. The number of fused-ring (bicyclic) bond motifs is 1. The van der Waals surface area contributed by atoms with Gasteiger partial charge in [0.05, 0.1) is 0 Å². The van der Waals surface area contributed by atoms with E-state index in [0.29, 0.717) is 17.2 Å². The molecule has 3 rings (SSSR count). The fraction of sp³-hybridized carbons (Fsp3) is 0.467. The Morgan fingerprint density at radius 1 is 1.30 bits per heavy atom. The van der Waals surface area contributed by atoms with E-state index in [9.17, 15) is 0 Å². The van der Waals surface area contributed by atoms with Crippen molar-refractivity contribution in [3.05, 3.63) is 41.7 Å². The topological polar surface area (TPSA) is 42.7 Å². The molecule has 1 N–H and O–H groups in total. The van der Waals surface area contributed by atoms with Crippen LogP contribution in [0.2, 0.25) is 0 Å². The maximum absolute atomic E-state index is 4.35. The summed E-state index contributed by atoms with van der Waals surface area (Å²) in [5.74, 6) is 0.585. The molecule has 5 heteroatoms. The maximum atomic E-state index is 4.35. The second-order valence-electron chi connectivity index (χ2n) is 5.35. The van der Waals surface area contributed by atoms with E-state index in [1.165, 1.54) is 11.1 Å². The second kappa shape index (κ2) is 5.58. The summed E-state index contributed by atoms with van der Waals surface area (Å²) in [5.41, 5.74) is 2.90. The zero-order valence-electron chi connectivity index (χ0n) is 12.1. The van der Waals surface area contributed by atoms with E-state index >= 15 is 0 Å². The highest BCUT2D eigenvalue weighted by Gasteiger charge is 2.33. The summed E-state index contributed by atoms with van der Waals surface area (Å²) in [6.45, 7) is 2.31. The van der Waals surface area contributed by atoms with Gasteiger partial charge in [-0.3, -0.25) is 0 Å². The summed E-state index contributed by atoms with van der Waals surface area (Å²) in [6, 6.07) is 9.14. The molecule has 4 nitrogen and oxygen atoms in total. The lowest BCUT2D eigenvalue weighted by Gasteiger charge is -2.36. The molecule has 0 radical (unpaired) electrons. The van der Waals surface area contributed by atoms with Gasteiger partial charge in [-0.05, 0) is 30.5 Å². The van der Waals surface area contributed by atoms with E-state index < -0.39 is 0 Å². The fourth-order valence-corrected chi connectivity index (χ4v) is 4.42. The van der Waals surface area contributed by atoms with Crippen molar-refractivity contribution in [3.63, 3.8) is 0 Å². The number of hydrogen-bond acceptors (Lipinski definition) is 4. The first-order chi connectivity index (χ1) is 9.70. The first-order valence-electron chi connectivity index (χ1n) is 6.97. The molecule has 0 saturated heterocycles. The van der Waals surface area contributed by atoms with Crippen LogP contribution in [0.1, 0.15) is 36.4 Å². The number of nitrogens with zero attached hydrogens (tertiary/aromatic N) is 3. The summed E-state index contributed by atoms with van der Waals surface area (Å²) >= 11 is 1.82. The lowest BCUT2D eigenvalue weighted by atomic mass is 9.81. The van der Waals surface area contributed by atoms with Gasteiger partial charge in [-0.1, -0.05) is 43.0 Å². The Morgan fingerprint density at radius 2 is 2.05 bits per heavy atom. The lowest BCUT2D eigenvalue weighted by Crippen LogP contribution is -2.33. The Balaban J connectivity index is 1.91. The molecule has 1 aliphatic rings. The van der Waals surface area contributed by atoms with Crippen LogP contribution in [-0.4, -0.2) is 27.1 Å². The van der Waals surface area contributed by atoms with Crippen LogP contribution in [0.25, 0.3) is 0 Å². The molecule has 1 heterocycles. The predicted octanol–water partition coefficient (Wildman–Crippen LogP) is 2.74. The van der Waals surface area contributed by atoms with Gasteiger partial charge in [-0.25, -0.2) is 9.67 Å². The highest BCUT2D eigenvalue weighted by atomic mass is 32.2. The number of thioether (sulfide) groups is 1. The van der Waals surface area contributed by atoms with Gasteiger partial charge in [-0.2, -0.15) is 5.10 Å². The molecular formula is C15H20N4S. The monoisotopic (exact) mass is 288 g/mol. The average Bonchev–Trinajstić information content (AvgIpc) is 2.85. The van der Waals surface area contributed by atoms with E-state index in [1.807, 2.05) is 30.5 Å². The van der Waals surface area contributed by atoms with Crippen molar-refractivity contribution in [1.82, 2.24) is 20.1 Å². The van der Waals surface area contributed by atoms with Crippen molar-refractivity contribution in [2.24, 2.45) is 7.05 Å². The van der Waals surface area contributed by atoms with Crippen molar-refractivity contribution in [1.29, 1.82) is 0 Å². The van der Waals surface area contributed by atoms with Crippen LogP contribution in [0.5, 0.6) is 0 Å². The average molecular weight is 288 g/mol. The number of rotatable bonds is 3. The molecule has 20 heavy (non-hydrogen) atoms. The third-order valence-corrected chi connectivity index (χ3v) is 5.41. The number of benzene rings is 1. The lowest BCUT2D eigenvalue weighted by molar-refractivity contribution is 0.471. The minimum atomic E-state index is 0.365. The minimum absolute atomic E-state index is 0.365. The first-order valence-corrected chi connectivity index (χ1v) is 7.85. The van der Waals surface area contributed by atoms with Crippen LogP contribution >= 0.6 is 11.8 Å². The summed E-state index contributed by atoms with van der Waals surface area (Å²) in [7, 11) is 3.99. The molecule has 1 aliphatic carbocycles. The Kier molecular flexibility index (Phi) is 3.81. The van der Waals surface area contributed by atoms with Gasteiger partial charge in [0.15, 0.2) is 5.16 Å². The van der Waals surface area contributed by atoms with Crippen molar-refractivity contribution in [2.45, 2.75) is 35.7 Å². The van der Waals surface area contributed by atoms with Gasteiger partial charge in [0.2, 0.25) is 0 Å². The molecule has 0 amide bonds. The molecule has 0 saturated carbocycles.